The summed E-state index contributed by atoms with van der Waals surface area (Å²) in [7, 11) is 0. The average molecular weight is 787 g/mol. The first-order chi connectivity index (χ1) is 28.7. The van der Waals surface area contributed by atoms with Crippen LogP contribution in [0.2, 0.25) is 0 Å². The second-order valence-electron chi connectivity index (χ2n) is 18.7. The summed E-state index contributed by atoms with van der Waals surface area (Å²) in [5.41, 5.74) is 11.5. The predicted molar refractivity (Wildman–Crippen MR) is 252 cm³/mol. The molecule has 0 atom stereocenters. The molecule has 1 aliphatic rings. The van der Waals surface area contributed by atoms with Crippen LogP contribution < -0.4 is 14.5 Å². The van der Waals surface area contributed by atoms with E-state index < -0.39 is 0 Å². The predicted octanol–water partition coefficient (Wildman–Crippen LogP) is 14.3. The fourth-order valence-electron chi connectivity index (χ4n) is 8.55. The van der Waals surface area contributed by atoms with E-state index in [1.807, 2.05) is 12.3 Å². The number of anilines is 2. The highest BCUT2D eigenvalue weighted by molar-refractivity contribution is 6.11. The van der Waals surface area contributed by atoms with E-state index in [0.29, 0.717) is 6.67 Å². The zero-order valence-corrected chi connectivity index (χ0v) is 36.1. The normalized spacial score (nSPS) is 13.5. The number of aromatic nitrogens is 2. The lowest BCUT2D eigenvalue weighted by molar-refractivity contribution is 0.480. The van der Waals surface area contributed by atoms with E-state index in [1.165, 1.54) is 44.2 Å². The molecule has 0 fully saturated rings. The Bertz CT molecular complexity index is 2870. The molecule has 0 radical (unpaired) electrons. The van der Waals surface area contributed by atoms with Crippen molar-refractivity contribution in [3.63, 3.8) is 0 Å². The number of hydrogen-bond donors (Lipinski definition) is 0. The molecular formula is C55H54N4O. The van der Waals surface area contributed by atoms with Crippen molar-refractivity contribution in [3.8, 4) is 28.4 Å². The van der Waals surface area contributed by atoms with E-state index in [4.69, 9.17) is 9.72 Å². The number of para-hydroxylation sites is 1. The van der Waals surface area contributed by atoms with Gasteiger partial charge >= 0.3 is 0 Å². The van der Waals surface area contributed by atoms with E-state index >= 15 is 0 Å². The standard InChI is InChI=1S/C55H54N4O/c1-53(2,3)41-26-27-56-51(33-41)59-49-25-16-15-24-47(49)52-48(54(4,5)6)35-46(36-50(52)59)60-45-23-17-22-43(34-45)57-28-29-58(37-57)44-31-39(38-18-11-9-12-19-38)30-42(32-44)55(7,8)40-20-13-10-14-21-40/h9-36H,37H2,1-8H3. The highest BCUT2D eigenvalue weighted by atomic mass is 16.5. The van der Waals surface area contributed by atoms with Crippen molar-refractivity contribution < 1.29 is 4.74 Å². The Balaban J connectivity index is 1.06. The molecule has 0 N–H and O–H groups in total. The van der Waals surface area contributed by atoms with Gasteiger partial charge < -0.3 is 14.5 Å². The molecule has 5 heteroatoms. The SMILES string of the molecule is CC(C)(C)c1ccnc(-n2c3ccccc3c3c(C(C)(C)C)cc(Oc4cccc(N5C=CN(c6cc(-c7ccccc7)cc(C(C)(C)c7ccccc7)c6)C5)c4)cc32)c1. The van der Waals surface area contributed by atoms with Crippen molar-refractivity contribution in [1.82, 2.24) is 9.55 Å². The summed E-state index contributed by atoms with van der Waals surface area (Å²) >= 11 is 0. The summed E-state index contributed by atoms with van der Waals surface area (Å²) in [5, 5.41) is 2.44. The monoisotopic (exact) mass is 786 g/mol. The second-order valence-corrected chi connectivity index (χ2v) is 18.7. The molecule has 1 aliphatic heterocycles. The van der Waals surface area contributed by atoms with Gasteiger partial charge in [0.05, 0.1) is 17.7 Å². The largest absolute Gasteiger partial charge is 0.457 e. The van der Waals surface area contributed by atoms with Gasteiger partial charge in [-0.1, -0.05) is 146 Å². The molecule has 0 saturated heterocycles. The van der Waals surface area contributed by atoms with Crippen LogP contribution in [-0.2, 0) is 16.2 Å². The Labute approximate surface area is 355 Å². The molecule has 5 nitrogen and oxygen atoms in total. The van der Waals surface area contributed by atoms with Gasteiger partial charge in [-0.25, -0.2) is 4.98 Å². The van der Waals surface area contributed by atoms with Crippen molar-refractivity contribution >= 4 is 33.2 Å². The zero-order chi connectivity index (χ0) is 41.8. The molecule has 0 spiro atoms. The summed E-state index contributed by atoms with van der Waals surface area (Å²) in [5.74, 6) is 2.49. The minimum atomic E-state index is -0.188. The molecule has 0 saturated carbocycles. The number of pyridine rings is 1. The topological polar surface area (TPSA) is 33.5 Å². The van der Waals surface area contributed by atoms with Crippen LogP contribution in [-0.4, -0.2) is 16.2 Å². The number of ether oxygens (including phenoxy) is 1. The lowest BCUT2D eigenvalue weighted by Crippen LogP contribution is -2.25. The van der Waals surface area contributed by atoms with Gasteiger partial charge in [0.25, 0.3) is 0 Å². The number of fused-ring (bicyclic) bond motifs is 3. The first-order valence-electron chi connectivity index (χ1n) is 21.0. The Morgan fingerprint density at radius 1 is 0.500 bits per heavy atom. The molecular weight excluding hydrogens is 733 g/mol. The molecule has 3 heterocycles. The summed E-state index contributed by atoms with van der Waals surface area (Å²) < 4.78 is 9.17. The molecule has 0 unspecified atom stereocenters. The highest BCUT2D eigenvalue weighted by Crippen LogP contribution is 2.43. The Morgan fingerprint density at radius 3 is 1.93 bits per heavy atom. The third-order valence-electron chi connectivity index (χ3n) is 12.1. The smallest absolute Gasteiger partial charge is 0.137 e. The van der Waals surface area contributed by atoms with E-state index in [1.54, 1.807) is 0 Å². The Hall–Kier alpha value is -6.59. The second kappa shape index (κ2) is 14.9. The van der Waals surface area contributed by atoms with Gasteiger partial charge in [-0.15, -0.1) is 0 Å². The summed E-state index contributed by atoms with van der Waals surface area (Å²) in [6, 6.07) is 54.4. The summed E-state index contributed by atoms with van der Waals surface area (Å²) in [6.45, 7) is 18.9. The van der Waals surface area contributed by atoms with E-state index in [-0.39, 0.29) is 16.2 Å². The van der Waals surface area contributed by atoms with Crippen molar-refractivity contribution in [2.45, 2.75) is 71.6 Å². The van der Waals surface area contributed by atoms with Crippen molar-refractivity contribution in [2.24, 2.45) is 0 Å². The summed E-state index contributed by atoms with van der Waals surface area (Å²) in [4.78, 5) is 9.55. The molecule has 0 amide bonds. The van der Waals surface area contributed by atoms with Gasteiger partial charge in [0.15, 0.2) is 0 Å². The fourth-order valence-corrected chi connectivity index (χ4v) is 8.55. The molecule has 300 valence electrons. The maximum Gasteiger partial charge on any atom is 0.137 e. The molecule has 2 aromatic heterocycles. The van der Waals surface area contributed by atoms with Gasteiger partial charge in [0.2, 0.25) is 0 Å². The van der Waals surface area contributed by atoms with Gasteiger partial charge in [0.1, 0.15) is 17.3 Å². The number of hydrogen-bond acceptors (Lipinski definition) is 4. The highest BCUT2D eigenvalue weighted by Gasteiger charge is 2.27. The molecule has 6 aromatic carbocycles. The van der Waals surface area contributed by atoms with Gasteiger partial charge in [0, 0.05) is 58.3 Å². The maximum atomic E-state index is 6.86. The average Bonchev–Trinajstić information content (AvgIpc) is 3.87. The van der Waals surface area contributed by atoms with E-state index in [9.17, 15) is 0 Å². The van der Waals surface area contributed by atoms with Crippen molar-refractivity contribution in [3.05, 3.63) is 193 Å². The molecule has 9 rings (SSSR count). The molecule has 8 aromatic rings. The third kappa shape index (κ3) is 7.34. The van der Waals surface area contributed by atoms with E-state index in [2.05, 4.69) is 228 Å². The van der Waals surface area contributed by atoms with E-state index in [0.717, 1.165) is 39.7 Å². The minimum Gasteiger partial charge on any atom is -0.457 e. The van der Waals surface area contributed by atoms with Crippen LogP contribution in [0.1, 0.15) is 77.6 Å². The van der Waals surface area contributed by atoms with Gasteiger partial charge in [-0.2, -0.15) is 0 Å². The number of nitrogens with zero attached hydrogens (tertiary/aromatic N) is 4. The Kier molecular flexibility index (Phi) is 9.66. The lowest BCUT2D eigenvalue weighted by Gasteiger charge is -2.29. The van der Waals surface area contributed by atoms with Crippen LogP contribution >= 0.6 is 0 Å². The third-order valence-corrected chi connectivity index (χ3v) is 12.1. The minimum absolute atomic E-state index is 0.0116. The number of benzene rings is 6. The zero-order valence-electron chi connectivity index (χ0n) is 36.1. The Morgan fingerprint density at radius 2 is 1.20 bits per heavy atom. The van der Waals surface area contributed by atoms with Crippen LogP contribution in [0.5, 0.6) is 11.5 Å². The molecule has 0 aliphatic carbocycles. The fraction of sp³-hybridized carbons (Fsp3) is 0.218. The van der Waals surface area contributed by atoms with Crippen LogP contribution in [0.25, 0.3) is 38.8 Å². The van der Waals surface area contributed by atoms with Gasteiger partial charge in [-0.05, 0) is 92.7 Å². The number of rotatable bonds is 8. The summed E-state index contributed by atoms with van der Waals surface area (Å²) in [6.07, 6.45) is 6.28. The lowest BCUT2D eigenvalue weighted by atomic mass is 9.77. The quantitative estimate of drug-likeness (QED) is 0.154. The first kappa shape index (κ1) is 38.9. The maximum absolute atomic E-state index is 6.86. The van der Waals surface area contributed by atoms with Crippen LogP contribution in [0.15, 0.2) is 170 Å². The van der Waals surface area contributed by atoms with Gasteiger partial charge in [-0.3, -0.25) is 4.57 Å². The van der Waals surface area contributed by atoms with Crippen molar-refractivity contribution in [1.29, 1.82) is 0 Å². The molecule has 0 bridgehead atoms. The van der Waals surface area contributed by atoms with Crippen molar-refractivity contribution in [2.75, 3.05) is 16.5 Å². The van der Waals surface area contributed by atoms with Crippen LogP contribution in [0.3, 0.4) is 0 Å². The molecule has 60 heavy (non-hydrogen) atoms. The van der Waals surface area contributed by atoms with Crippen LogP contribution in [0, 0.1) is 0 Å². The first-order valence-corrected chi connectivity index (χ1v) is 21.0. The van der Waals surface area contributed by atoms with Crippen LogP contribution in [0.4, 0.5) is 11.4 Å².